The van der Waals surface area contributed by atoms with Crippen molar-refractivity contribution in [3.05, 3.63) is 71.2 Å². The van der Waals surface area contributed by atoms with Crippen molar-refractivity contribution in [2.24, 2.45) is 22.7 Å². The van der Waals surface area contributed by atoms with Crippen molar-refractivity contribution in [1.29, 1.82) is 0 Å². The fourth-order valence-electron chi connectivity index (χ4n) is 6.04. The van der Waals surface area contributed by atoms with E-state index in [0.29, 0.717) is 34.8 Å². The molecule has 2 aromatic rings. The molecule has 3 N–H and O–H groups in total. The Morgan fingerprint density at radius 1 is 1.18 bits per heavy atom. The van der Waals surface area contributed by atoms with E-state index in [4.69, 9.17) is 4.99 Å². The van der Waals surface area contributed by atoms with Gasteiger partial charge in [-0.15, -0.1) is 0 Å². The Kier molecular flexibility index (Phi) is 6.12. The second-order valence-corrected chi connectivity index (χ2v) is 10.7. The van der Waals surface area contributed by atoms with E-state index in [9.17, 15) is 18.5 Å². The van der Waals surface area contributed by atoms with Gasteiger partial charge in [0.2, 0.25) is 5.84 Å². The van der Waals surface area contributed by atoms with Gasteiger partial charge in [-0.25, -0.2) is 4.39 Å². The van der Waals surface area contributed by atoms with Crippen LogP contribution >= 0.6 is 0 Å². The maximum Gasteiger partial charge on any atom is 0.265 e. The molecule has 1 unspecified atom stereocenters. The van der Waals surface area contributed by atoms with Crippen molar-refractivity contribution in [2.75, 3.05) is 13.3 Å². The fourth-order valence-corrected chi connectivity index (χ4v) is 6.72. The van der Waals surface area contributed by atoms with Gasteiger partial charge in [0.05, 0.1) is 28.4 Å². The molecule has 0 saturated heterocycles. The number of nitrogens with two attached hydrogens (primary N) is 1. The highest BCUT2D eigenvalue weighted by molar-refractivity contribution is 7.84. The van der Waals surface area contributed by atoms with Crippen molar-refractivity contribution in [1.82, 2.24) is 4.90 Å². The van der Waals surface area contributed by atoms with Crippen LogP contribution in [0.5, 0.6) is 0 Å². The van der Waals surface area contributed by atoms with Crippen LogP contribution in [0.3, 0.4) is 0 Å². The van der Waals surface area contributed by atoms with E-state index in [0.717, 1.165) is 24.8 Å². The number of amidine groups is 1. The van der Waals surface area contributed by atoms with Crippen molar-refractivity contribution < 1.29 is 23.8 Å². The molecule has 2 fully saturated rings. The van der Waals surface area contributed by atoms with Gasteiger partial charge in [0, 0.05) is 24.8 Å². The first-order valence-electron chi connectivity index (χ1n) is 11.7. The lowest BCUT2D eigenvalue weighted by molar-refractivity contribution is -0.505. The molecule has 2 bridgehead atoms. The number of nitrogens with zero attached hydrogens (tertiary/aromatic N) is 2. The average molecular weight is 483 g/mol. The number of para-hydroxylation sites is 1. The summed E-state index contributed by atoms with van der Waals surface area (Å²) in [6, 6.07) is 13.3. The highest BCUT2D eigenvalue weighted by atomic mass is 32.2. The Labute approximate surface area is 201 Å². The van der Waals surface area contributed by atoms with Gasteiger partial charge in [0.25, 0.3) is 5.91 Å². The number of rotatable bonds is 5. The molecule has 3 aliphatic rings. The third-order valence-electron chi connectivity index (χ3n) is 7.49. The smallest absolute Gasteiger partial charge is 0.265 e. The van der Waals surface area contributed by atoms with Crippen LogP contribution in [0, 0.1) is 23.6 Å². The Bertz CT molecular complexity index is 1210. The van der Waals surface area contributed by atoms with Crippen LogP contribution in [-0.4, -0.2) is 45.3 Å². The summed E-state index contributed by atoms with van der Waals surface area (Å²) in [4.78, 5) is 21.0. The largest absolute Gasteiger partial charge is 0.511 e. The van der Waals surface area contributed by atoms with Crippen molar-refractivity contribution in [3.63, 3.8) is 0 Å². The van der Waals surface area contributed by atoms with E-state index < -0.39 is 10.8 Å². The van der Waals surface area contributed by atoms with Crippen LogP contribution in [0.2, 0.25) is 0 Å². The highest BCUT2D eigenvalue weighted by Gasteiger charge is 2.57. The minimum atomic E-state index is -1.25. The molecule has 34 heavy (non-hydrogen) atoms. The van der Waals surface area contributed by atoms with Crippen LogP contribution in [0.1, 0.15) is 24.8 Å². The van der Waals surface area contributed by atoms with Crippen LogP contribution in [-0.2, 0) is 22.1 Å². The number of quaternary nitrogens is 1. The van der Waals surface area contributed by atoms with Crippen molar-refractivity contribution in [3.8, 4) is 0 Å². The number of aliphatic imine (C=N–C) groups is 1. The number of hydrogen-bond acceptors (Lipinski definition) is 4. The van der Waals surface area contributed by atoms with Gasteiger partial charge < -0.3 is 10.0 Å². The SMILES string of the molecule is C[NH2+]C(=Nc1ccccc1S(C)=O)C1=C(O)[C@@H]2[C@H]3CC[C@H](C3)[C@@H]2N(Cc2ccc(F)cc2)C1=O. The Hall–Kier alpha value is -2.84. The lowest BCUT2D eigenvalue weighted by Crippen LogP contribution is -2.85. The molecular weight excluding hydrogens is 453 g/mol. The normalized spacial score (nSPS) is 27.3. The monoisotopic (exact) mass is 482 g/mol. The predicted molar refractivity (Wildman–Crippen MR) is 128 cm³/mol. The molecule has 5 rings (SSSR count). The molecule has 6 nitrogen and oxygen atoms in total. The topological polar surface area (TPSA) is 86.6 Å². The van der Waals surface area contributed by atoms with E-state index in [2.05, 4.69) is 0 Å². The summed E-state index contributed by atoms with van der Waals surface area (Å²) in [5, 5.41) is 13.2. The van der Waals surface area contributed by atoms with Gasteiger partial charge in [-0.3, -0.25) is 14.3 Å². The zero-order chi connectivity index (χ0) is 24.0. The molecule has 1 amide bonds. The Morgan fingerprint density at radius 3 is 2.59 bits per heavy atom. The lowest BCUT2D eigenvalue weighted by atomic mass is 9.77. The van der Waals surface area contributed by atoms with Gasteiger partial charge in [-0.05, 0) is 60.9 Å². The van der Waals surface area contributed by atoms with Crippen LogP contribution < -0.4 is 5.32 Å². The predicted octanol–water partition coefficient (Wildman–Crippen LogP) is 3.06. The number of carbonyl (C=O) groups is 1. The standard InChI is InChI=1S/C26H28FN3O3S/c1-28-25(29-19-5-3-4-6-20(19)34(2)33)22-24(31)21-16-9-10-17(13-16)23(21)30(26(22)32)14-15-7-11-18(27)12-8-15/h3-8,11-12,16-17,21,23,31H,9-10,13-14H2,1-2H3,(H,28,29)/p+1/t16-,17+,21+,23-,34?/m0/s1. The van der Waals surface area contributed by atoms with Gasteiger partial charge >= 0.3 is 0 Å². The summed E-state index contributed by atoms with van der Waals surface area (Å²) in [5.74, 6) is 0.511. The summed E-state index contributed by atoms with van der Waals surface area (Å²) < 4.78 is 25.7. The minimum Gasteiger partial charge on any atom is -0.511 e. The number of likely N-dealkylation sites (N-methyl/N-ethyl adjacent to an activating group) is 1. The second kappa shape index (κ2) is 9.07. The Morgan fingerprint density at radius 2 is 1.88 bits per heavy atom. The summed E-state index contributed by atoms with van der Waals surface area (Å²) in [5.41, 5.74) is 1.59. The number of fused-ring (bicyclic) bond motifs is 5. The van der Waals surface area contributed by atoms with Crippen LogP contribution in [0.4, 0.5) is 10.1 Å². The van der Waals surface area contributed by atoms with Gasteiger partial charge in [-0.2, -0.15) is 4.99 Å². The Balaban J connectivity index is 1.59. The van der Waals surface area contributed by atoms with E-state index >= 15 is 0 Å². The number of hydrogen-bond donors (Lipinski definition) is 2. The number of aliphatic hydroxyl groups is 1. The summed E-state index contributed by atoms with van der Waals surface area (Å²) in [6.45, 7) is 0.354. The van der Waals surface area contributed by atoms with Gasteiger partial charge in [-0.1, -0.05) is 24.3 Å². The minimum absolute atomic E-state index is 0.0615. The van der Waals surface area contributed by atoms with E-state index in [1.165, 1.54) is 12.1 Å². The zero-order valence-electron chi connectivity index (χ0n) is 19.3. The third kappa shape index (κ3) is 3.88. The highest BCUT2D eigenvalue weighted by Crippen LogP contribution is 2.55. The number of benzene rings is 2. The average Bonchev–Trinajstić information content (AvgIpc) is 3.45. The molecule has 5 atom stereocenters. The third-order valence-corrected chi connectivity index (χ3v) is 8.46. The first-order valence-corrected chi connectivity index (χ1v) is 13.2. The molecule has 178 valence electrons. The van der Waals surface area contributed by atoms with Crippen molar-refractivity contribution in [2.45, 2.75) is 36.7 Å². The van der Waals surface area contributed by atoms with Crippen molar-refractivity contribution >= 4 is 28.2 Å². The zero-order valence-corrected chi connectivity index (χ0v) is 20.1. The molecule has 1 heterocycles. The molecule has 0 radical (unpaired) electrons. The molecule has 1 aliphatic heterocycles. The first kappa shape index (κ1) is 22.9. The maximum absolute atomic E-state index is 13.9. The molecule has 8 heteroatoms. The molecular formula is C26H29FN3O3S+. The van der Waals surface area contributed by atoms with Crippen LogP contribution in [0.25, 0.3) is 0 Å². The number of amides is 1. The molecule has 0 spiro atoms. The number of halogens is 1. The number of carbonyl (C=O) groups excluding carboxylic acids is 1. The summed E-state index contributed by atoms with van der Waals surface area (Å²) in [7, 11) is 0.539. The fraction of sp³-hybridized carbons (Fsp3) is 0.385. The molecule has 2 aliphatic carbocycles. The summed E-state index contributed by atoms with van der Waals surface area (Å²) in [6.07, 6.45) is 4.69. The van der Waals surface area contributed by atoms with E-state index in [1.54, 1.807) is 49.0 Å². The van der Waals surface area contributed by atoms with Gasteiger partial charge in [0.15, 0.2) is 5.57 Å². The quantitative estimate of drug-likeness (QED) is 0.507. The molecule has 2 aromatic carbocycles. The van der Waals surface area contributed by atoms with Gasteiger partial charge in [0.1, 0.15) is 11.6 Å². The van der Waals surface area contributed by atoms with E-state index in [1.807, 2.05) is 11.0 Å². The van der Waals surface area contributed by atoms with Crippen LogP contribution in [0.15, 0.2) is 69.8 Å². The van der Waals surface area contributed by atoms with E-state index in [-0.39, 0.29) is 35.0 Å². The maximum atomic E-state index is 13.9. The molecule has 2 saturated carbocycles. The molecule has 0 aromatic heterocycles. The first-order chi connectivity index (χ1) is 16.4. The number of aliphatic hydroxyl groups excluding tert-OH is 1. The summed E-state index contributed by atoms with van der Waals surface area (Å²) >= 11 is 0. The second-order valence-electron chi connectivity index (χ2n) is 9.38. The lowest BCUT2D eigenvalue weighted by Gasteiger charge is -2.43.